The Morgan fingerprint density at radius 3 is 2.58 bits per heavy atom. The van der Waals surface area contributed by atoms with Crippen LogP contribution in [-0.4, -0.2) is 55.2 Å². The van der Waals surface area contributed by atoms with E-state index in [4.69, 9.17) is 16.3 Å². The van der Waals surface area contributed by atoms with Gasteiger partial charge in [-0.1, -0.05) is 18.6 Å². The maximum atomic E-state index is 12.5. The van der Waals surface area contributed by atoms with Crippen LogP contribution < -0.4 is 10.6 Å². The predicted octanol–water partition coefficient (Wildman–Crippen LogP) is 3.56. The summed E-state index contributed by atoms with van der Waals surface area (Å²) >= 11 is 5.52. The van der Waals surface area contributed by atoms with Gasteiger partial charge in [-0.2, -0.15) is 0 Å². The van der Waals surface area contributed by atoms with E-state index in [-0.39, 0.29) is 29.7 Å². The second kappa shape index (κ2) is 14.8. The fraction of sp³-hybridized carbons (Fsp3) is 0.792. The third-order valence-electron chi connectivity index (χ3n) is 6.50. The number of alkyl halides is 1. The topological polar surface area (TPSA) is 84.5 Å². The summed E-state index contributed by atoms with van der Waals surface area (Å²) in [7, 11) is 0. The standard InChI is InChI=1S/C24H39ClN2O4/c1-18(26-14-8-4-5-9-15-28)24(30)27-17-21-20(22-12-13-23(21)31-22)11-7-3-2-6-10-19(29)16-25/h3,7,15,18,20-23,26H,2,4-6,8-14,16-17H2,1H3,(H,27,30)/t18?,20-,21+,22-,23+/m0/s1. The number of nitrogens with one attached hydrogen (secondary N) is 2. The van der Waals surface area contributed by atoms with Crippen molar-refractivity contribution in [3.8, 4) is 0 Å². The molecule has 0 aromatic carbocycles. The fourth-order valence-electron chi connectivity index (χ4n) is 4.65. The molecule has 0 spiro atoms. The molecular weight excluding hydrogens is 416 g/mol. The van der Waals surface area contributed by atoms with Gasteiger partial charge < -0.3 is 20.2 Å². The van der Waals surface area contributed by atoms with E-state index in [1.807, 2.05) is 6.92 Å². The van der Waals surface area contributed by atoms with Crippen LogP contribution in [0.3, 0.4) is 0 Å². The summed E-state index contributed by atoms with van der Waals surface area (Å²) in [5, 5.41) is 6.40. The molecule has 0 aromatic rings. The molecule has 2 saturated heterocycles. The van der Waals surface area contributed by atoms with Crippen LogP contribution in [0.25, 0.3) is 0 Å². The largest absolute Gasteiger partial charge is 0.374 e. The Bertz CT molecular complexity index is 598. The Morgan fingerprint density at radius 2 is 1.84 bits per heavy atom. The van der Waals surface area contributed by atoms with Gasteiger partial charge in [-0.15, -0.1) is 11.6 Å². The van der Waals surface area contributed by atoms with E-state index >= 15 is 0 Å². The fourth-order valence-corrected chi connectivity index (χ4v) is 4.78. The molecule has 31 heavy (non-hydrogen) atoms. The third kappa shape index (κ3) is 9.03. The van der Waals surface area contributed by atoms with Crippen molar-refractivity contribution in [2.24, 2.45) is 11.8 Å². The monoisotopic (exact) mass is 454 g/mol. The number of rotatable bonds is 17. The molecule has 2 N–H and O–H groups in total. The van der Waals surface area contributed by atoms with Crippen LogP contribution in [0.4, 0.5) is 0 Å². The molecule has 1 amide bonds. The minimum Gasteiger partial charge on any atom is -0.374 e. The average molecular weight is 455 g/mol. The van der Waals surface area contributed by atoms with E-state index in [1.165, 1.54) is 0 Å². The molecule has 2 aliphatic rings. The number of aldehydes is 1. The molecule has 5 atom stereocenters. The highest BCUT2D eigenvalue weighted by Gasteiger charge is 2.48. The number of Topliss-reactive ketones (excluding diaryl/α,β-unsaturated/α-hetero) is 1. The molecule has 0 radical (unpaired) electrons. The van der Waals surface area contributed by atoms with Crippen LogP contribution in [0.15, 0.2) is 12.2 Å². The quantitative estimate of drug-likeness (QED) is 0.152. The number of amides is 1. The van der Waals surface area contributed by atoms with Gasteiger partial charge >= 0.3 is 0 Å². The van der Waals surface area contributed by atoms with Gasteiger partial charge in [0.05, 0.1) is 24.1 Å². The molecule has 2 aliphatic heterocycles. The lowest BCUT2D eigenvalue weighted by atomic mass is 9.77. The van der Waals surface area contributed by atoms with E-state index in [2.05, 4.69) is 22.8 Å². The molecule has 0 aliphatic carbocycles. The van der Waals surface area contributed by atoms with E-state index in [0.717, 1.165) is 64.2 Å². The highest BCUT2D eigenvalue weighted by atomic mass is 35.5. The molecular formula is C24H39ClN2O4. The van der Waals surface area contributed by atoms with Gasteiger partial charge in [0, 0.05) is 25.3 Å². The Balaban J connectivity index is 1.67. The predicted molar refractivity (Wildman–Crippen MR) is 123 cm³/mol. The third-order valence-corrected chi connectivity index (χ3v) is 6.79. The molecule has 7 heteroatoms. The summed E-state index contributed by atoms with van der Waals surface area (Å²) in [5.41, 5.74) is 0. The van der Waals surface area contributed by atoms with Crippen LogP contribution in [0.5, 0.6) is 0 Å². The number of ether oxygens (including phenoxy) is 1. The number of ketones is 1. The SMILES string of the molecule is CC(NCCCCCC=O)C(=O)NC[C@@H]1[C@H](CC=CCCCC(=O)CCl)[C@@H]2CC[C@H]1O2. The van der Waals surface area contributed by atoms with Crippen molar-refractivity contribution in [3.63, 3.8) is 0 Å². The van der Waals surface area contributed by atoms with E-state index in [1.54, 1.807) is 0 Å². The zero-order chi connectivity index (χ0) is 22.5. The Morgan fingerprint density at radius 1 is 1.06 bits per heavy atom. The van der Waals surface area contributed by atoms with Gasteiger partial charge in [0.1, 0.15) is 12.1 Å². The lowest BCUT2D eigenvalue weighted by molar-refractivity contribution is -0.123. The van der Waals surface area contributed by atoms with Crippen LogP contribution in [-0.2, 0) is 19.1 Å². The molecule has 6 nitrogen and oxygen atoms in total. The summed E-state index contributed by atoms with van der Waals surface area (Å²) < 4.78 is 6.14. The van der Waals surface area contributed by atoms with Gasteiger partial charge in [0.15, 0.2) is 0 Å². The van der Waals surface area contributed by atoms with Crippen molar-refractivity contribution >= 4 is 29.6 Å². The van der Waals surface area contributed by atoms with Crippen LogP contribution >= 0.6 is 11.6 Å². The first-order valence-electron chi connectivity index (χ1n) is 11.9. The van der Waals surface area contributed by atoms with Gasteiger partial charge in [0.25, 0.3) is 0 Å². The summed E-state index contributed by atoms with van der Waals surface area (Å²) in [5.74, 6) is 1.05. The first kappa shape index (κ1) is 26.0. The van der Waals surface area contributed by atoms with E-state index < -0.39 is 0 Å². The van der Waals surface area contributed by atoms with E-state index in [9.17, 15) is 14.4 Å². The molecule has 0 aromatic heterocycles. The van der Waals surface area contributed by atoms with Crippen molar-refractivity contribution in [2.45, 2.75) is 89.4 Å². The molecule has 176 valence electrons. The second-order valence-corrected chi connectivity index (χ2v) is 9.09. The van der Waals surface area contributed by atoms with Gasteiger partial charge in [-0.3, -0.25) is 9.59 Å². The number of fused-ring (bicyclic) bond motifs is 2. The molecule has 2 rings (SSSR count). The molecule has 2 heterocycles. The minimum atomic E-state index is -0.223. The zero-order valence-corrected chi connectivity index (χ0v) is 19.6. The number of carbonyl (C=O) groups excluding carboxylic acids is 3. The number of hydrogen-bond donors (Lipinski definition) is 2. The smallest absolute Gasteiger partial charge is 0.236 e. The van der Waals surface area contributed by atoms with Gasteiger partial charge in [-0.05, 0) is 64.3 Å². The van der Waals surface area contributed by atoms with Crippen molar-refractivity contribution in [3.05, 3.63) is 12.2 Å². The number of halogens is 1. The average Bonchev–Trinajstić information content (AvgIpc) is 3.38. The summed E-state index contributed by atoms with van der Waals surface area (Å²) in [6, 6.07) is -0.223. The molecule has 1 unspecified atom stereocenters. The lowest BCUT2D eigenvalue weighted by Crippen LogP contribution is -2.46. The minimum absolute atomic E-state index is 0.0360. The van der Waals surface area contributed by atoms with Crippen LogP contribution in [0.2, 0.25) is 0 Å². The van der Waals surface area contributed by atoms with Gasteiger partial charge in [-0.25, -0.2) is 0 Å². The van der Waals surface area contributed by atoms with Crippen molar-refractivity contribution in [2.75, 3.05) is 19.0 Å². The van der Waals surface area contributed by atoms with Crippen molar-refractivity contribution in [1.82, 2.24) is 10.6 Å². The summed E-state index contributed by atoms with van der Waals surface area (Å²) in [6.45, 7) is 3.34. The second-order valence-electron chi connectivity index (χ2n) is 8.83. The van der Waals surface area contributed by atoms with Crippen LogP contribution in [0.1, 0.15) is 71.1 Å². The first-order valence-corrected chi connectivity index (χ1v) is 12.4. The maximum absolute atomic E-state index is 12.5. The maximum Gasteiger partial charge on any atom is 0.236 e. The molecule has 2 bridgehead atoms. The number of unbranched alkanes of at least 4 members (excludes halogenated alkanes) is 4. The van der Waals surface area contributed by atoms with E-state index in [0.29, 0.717) is 37.3 Å². The normalized spacial score (nSPS) is 25.7. The number of allylic oxidation sites excluding steroid dienone is 2. The number of hydrogen-bond acceptors (Lipinski definition) is 5. The first-order chi connectivity index (χ1) is 15.1. The van der Waals surface area contributed by atoms with Crippen molar-refractivity contribution < 1.29 is 19.1 Å². The number of carbonyl (C=O) groups is 3. The highest BCUT2D eigenvalue weighted by molar-refractivity contribution is 6.27. The Hall–Kier alpha value is -1.24. The van der Waals surface area contributed by atoms with Crippen molar-refractivity contribution in [1.29, 1.82) is 0 Å². The molecule has 2 fully saturated rings. The van der Waals surface area contributed by atoms with Crippen LogP contribution in [0, 0.1) is 11.8 Å². The highest BCUT2D eigenvalue weighted by Crippen LogP contribution is 2.44. The lowest BCUT2D eigenvalue weighted by Gasteiger charge is -2.28. The Labute approximate surface area is 191 Å². The van der Waals surface area contributed by atoms with Gasteiger partial charge in [0.2, 0.25) is 5.91 Å². The summed E-state index contributed by atoms with van der Waals surface area (Å²) in [6.07, 6.45) is 14.8. The molecule has 0 saturated carbocycles. The Kier molecular flexibility index (Phi) is 12.4. The summed E-state index contributed by atoms with van der Waals surface area (Å²) in [4.78, 5) is 34.0. The zero-order valence-electron chi connectivity index (χ0n) is 18.8.